The normalized spacial score (nSPS) is 23.1. The van der Waals surface area contributed by atoms with Crippen molar-refractivity contribution in [3.05, 3.63) is 10.6 Å². The number of piperidine rings is 1. The molecule has 1 aliphatic rings. The number of likely N-dealkylation sites (tertiary alicyclic amines) is 1. The number of carbonyl (C=O) groups excluding carboxylic acids is 1. The maximum atomic E-state index is 12.6. The molecule has 0 aromatic carbocycles. The molecule has 1 aromatic rings. The summed E-state index contributed by atoms with van der Waals surface area (Å²) >= 11 is 1.12. The Morgan fingerprint density at radius 3 is 2.70 bits per heavy atom. The molecule has 1 amide bonds. The Hall–Kier alpha value is -1.50. The van der Waals surface area contributed by atoms with E-state index in [1.165, 1.54) is 0 Å². The summed E-state index contributed by atoms with van der Waals surface area (Å²) in [6.07, 6.45) is 1.01. The number of aromatic nitrogens is 2. The van der Waals surface area contributed by atoms with Crippen molar-refractivity contribution in [1.82, 2.24) is 14.5 Å². The highest BCUT2D eigenvalue weighted by Crippen LogP contribution is 2.27. The molecule has 1 aliphatic heterocycles. The molecule has 0 spiro atoms. The number of hydrogen-bond donors (Lipinski definition) is 1. The van der Waals surface area contributed by atoms with E-state index in [1.807, 2.05) is 20.8 Å². The number of aliphatic carboxylic acids is 1. The SMILES string of the molecule is CC(C)c1nnsc1C(=O)N1CCC(C(=O)O)CC1C. The first-order chi connectivity index (χ1) is 9.41. The minimum absolute atomic E-state index is 0.0694. The zero-order chi connectivity index (χ0) is 14.9. The van der Waals surface area contributed by atoms with Gasteiger partial charge in [-0.3, -0.25) is 9.59 Å². The Bertz CT molecular complexity index is 515. The second-order valence-corrected chi connectivity index (χ2v) is 6.30. The lowest BCUT2D eigenvalue weighted by Crippen LogP contribution is -2.46. The molecule has 2 rings (SSSR count). The monoisotopic (exact) mass is 297 g/mol. The number of carboxylic acids is 1. The third-order valence-corrected chi connectivity index (χ3v) is 4.47. The fourth-order valence-corrected chi connectivity index (χ4v) is 3.33. The summed E-state index contributed by atoms with van der Waals surface area (Å²) in [6, 6.07) is -0.0699. The van der Waals surface area contributed by atoms with E-state index in [2.05, 4.69) is 9.59 Å². The van der Waals surface area contributed by atoms with Crippen LogP contribution in [0.4, 0.5) is 0 Å². The number of nitrogens with zero attached hydrogens (tertiary/aromatic N) is 3. The van der Waals surface area contributed by atoms with Crippen LogP contribution < -0.4 is 0 Å². The minimum Gasteiger partial charge on any atom is -0.481 e. The minimum atomic E-state index is -0.772. The third-order valence-electron chi connectivity index (χ3n) is 3.74. The smallest absolute Gasteiger partial charge is 0.306 e. The first kappa shape index (κ1) is 14.9. The molecule has 0 radical (unpaired) electrons. The van der Waals surface area contributed by atoms with Gasteiger partial charge in [0, 0.05) is 12.6 Å². The summed E-state index contributed by atoms with van der Waals surface area (Å²) in [5, 5.41) is 13.1. The summed E-state index contributed by atoms with van der Waals surface area (Å²) in [7, 11) is 0. The highest BCUT2D eigenvalue weighted by molar-refractivity contribution is 7.08. The van der Waals surface area contributed by atoms with E-state index in [1.54, 1.807) is 4.90 Å². The predicted octanol–water partition coefficient (Wildman–Crippen LogP) is 1.99. The van der Waals surface area contributed by atoms with Gasteiger partial charge < -0.3 is 10.0 Å². The van der Waals surface area contributed by atoms with Crippen LogP contribution >= 0.6 is 11.5 Å². The molecule has 0 aliphatic carbocycles. The average Bonchev–Trinajstić information content (AvgIpc) is 2.87. The summed E-state index contributed by atoms with van der Waals surface area (Å²) in [5.74, 6) is -1.04. The van der Waals surface area contributed by atoms with E-state index in [-0.39, 0.29) is 23.8 Å². The van der Waals surface area contributed by atoms with Gasteiger partial charge in [0.25, 0.3) is 5.91 Å². The van der Waals surface area contributed by atoms with E-state index in [4.69, 9.17) is 5.11 Å². The van der Waals surface area contributed by atoms with Crippen LogP contribution in [0.2, 0.25) is 0 Å². The molecule has 1 aromatic heterocycles. The van der Waals surface area contributed by atoms with Crippen molar-refractivity contribution >= 4 is 23.4 Å². The van der Waals surface area contributed by atoms with Gasteiger partial charge in [-0.25, -0.2) is 0 Å². The van der Waals surface area contributed by atoms with Crippen molar-refractivity contribution in [2.45, 2.75) is 45.6 Å². The number of carboxylic acid groups (broad SMARTS) is 1. The first-order valence-electron chi connectivity index (χ1n) is 6.77. The third kappa shape index (κ3) is 2.82. The van der Waals surface area contributed by atoms with Crippen LogP contribution in [-0.2, 0) is 4.79 Å². The Labute approximate surface area is 122 Å². The number of amides is 1. The molecular weight excluding hydrogens is 278 g/mol. The summed E-state index contributed by atoms with van der Waals surface area (Å²) in [5.41, 5.74) is 0.729. The van der Waals surface area contributed by atoms with E-state index >= 15 is 0 Å². The Kier molecular flexibility index (Phi) is 4.37. The summed E-state index contributed by atoms with van der Waals surface area (Å²) < 4.78 is 3.88. The molecule has 6 nitrogen and oxygen atoms in total. The zero-order valence-corrected chi connectivity index (χ0v) is 12.7. The van der Waals surface area contributed by atoms with Crippen molar-refractivity contribution in [1.29, 1.82) is 0 Å². The molecule has 110 valence electrons. The Morgan fingerprint density at radius 2 is 2.15 bits per heavy atom. The van der Waals surface area contributed by atoms with E-state index in [0.717, 1.165) is 17.2 Å². The van der Waals surface area contributed by atoms with E-state index in [9.17, 15) is 9.59 Å². The van der Waals surface area contributed by atoms with E-state index in [0.29, 0.717) is 24.3 Å². The highest BCUT2D eigenvalue weighted by Gasteiger charge is 2.34. The Balaban J connectivity index is 2.14. The second kappa shape index (κ2) is 5.87. The average molecular weight is 297 g/mol. The molecule has 7 heteroatoms. The van der Waals surface area contributed by atoms with Crippen LogP contribution in [0.25, 0.3) is 0 Å². The van der Waals surface area contributed by atoms with Crippen molar-refractivity contribution in [2.75, 3.05) is 6.54 Å². The maximum Gasteiger partial charge on any atom is 0.306 e. The van der Waals surface area contributed by atoms with Gasteiger partial charge in [0.2, 0.25) is 0 Å². The molecule has 20 heavy (non-hydrogen) atoms. The maximum absolute atomic E-state index is 12.6. The van der Waals surface area contributed by atoms with Crippen LogP contribution in [0.1, 0.15) is 54.9 Å². The van der Waals surface area contributed by atoms with Gasteiger partial charge in [0.05, 0.1) is 11.6 Å². The quantitative estimate of drug-likeness (QED) is 0.922. The molecular formula is C13H19N3O3S. The molecule has 0 saturated carbocycles. The molecule has 2 heterocycles. The highest BCUT2D eigenvalue weighted by atomic mass is 32.1. The van der Waals surface area contributed by atoms with Gasteiger partial charge in [-0.1, -0.05) is 18.3 Å². The van der Waals surface area contributed by atoms with Gasteiger partial charge in [0.1, 0.15) is 4.88 Å². The fraction of sp³-hybridized carbons (Fsp3) is 0.692. The summed E-state index contributed by atoms with van der Waals surface area (Å²) in [4.78, 5) is 25.9. The fourth-order valence-electron chi connectivity index (χ4n) is 2.55. The van der Waals surface area contributed by atoms with Crippen molar-refractivity contribution in [3.63, 3.8) is 0 Å². The van der Waals surface area contributed by atoms with Crippen molar-refractivity contribution < 1.29 is 14.7 Å². The lowest BCUT2D eigenvalue weighted by atomic mass is 9.91. The van der Waals surface area contributed by atoms with Gasteiger partial charge in [-0.15, -0.1) is 5.10 Å². The first-order valence-corrected chi connectivity index (χ1v) is 7.55. The van der Waals surface area contributed by atoms with Crippen LogP contribution in [0.3, 0.4) is 0 Å². The van der Waals surface area contributed by atoms with Crippen molar-refractivity contribution in [3.8, 4) is 0 Å². The zero-order valence-electron chi connectivity index (χ0n) is 11.9. The van der Waals surface area contributed by atoms with Gasteiger partial charge in [-0.2, -0.15) is 0 Å². The molecule has 1 fully saturated rings. The topological polar surface area (TPSA) is 83.4 Å². The standard InChI is InChI=1S/C13H19N3O3S/c1-7(2)10-11(20-15-14-10)12(17)16-5-4-9(13(18)19)6-8(16)3/h7-9H,4-6H2,1-3H3,(H,18,19). The number of hydrogen-bond acceptors (Lipinski definition) is 5. The molecule has 2 unspecified atom stereocenters. The van der Waals surface area contributed by atoms with Gasteiger partial charge in [0.15, 0.2) is 0 Å². The largest absolute Gasteiger partial charge is 0.481 e. The van der Waals surface area contributed by atoms with E-state index < -0.39 is 5.97 Å². The van der Waals surface area contributed by atoms with Crippen LogP contribution in [0.15, 0.2) is 0 Å². The Morgan fingerprint density at radius 1 is 1.45 bits per heavy atom. The molecule has 1 N–H and O–H groups in total. The molecule has 2 atom stereocenters. The predicted molar refractivity (Wildman–Crippen MR) is 74.9 cm³/mol. The van der Waals surface area contributed by atoms with Crippen LogP contribution in [-0.4, -0.2) is 44.1 Å². The van der Waals surface area contributed by atoms with Crippen LogP contribution in [0.5, 0.6) is 0 Å². The second-order valence-electron chi connectivity index (χ2n) is 5.55. The molecule has 0 bridgehead atoms. The van der Waals surface area contributed by atoms with Gasteiger partial charge >= 0.3 is 5.97 Å². The number of carbonyl (C=O) groups is 2. The molecule has 1 saturated heterocycles. The van der Waals surface area contributed by atoms with Gasteiger partial charge in [-0.05, 0) is 37.2 Å². The summed E-state index contributed by atoms with van der Waals surface area (Å²) in [6.45, 7) is 6.34. The number of rotatable bonds is 3. The lowest BCUT2D eigenvalue weighted by molar-refractivity contribution is -0.143. The lowest BCUT2D eigenvalue weighted by Gasteiger charge is -2.36. The van der Waals surface area contributed by atoms with Crippen molar-refractivity contribution in [2.24, 2.45) is 5.92 Å². The van der Waals surface area contributed by atoms with Crippen LogP contribution in [0, 0.1) is 5.92 Å².